The van der Waals surface area contributed by atoms with Crippen LogP contribution in [0.3, 0.4) is 0 Å². The standard InChI is InChI=1S/C20H22N2O3/c1-3-5-14-7-8-18-16(10-14)13(2)19(25-18)20(24)22-12-17(23)15-6-4-9-21-11-15/h4,6-11,17,23H,3,5,12H2,1-2H3,(H,22,24)/t17-/m0/s1. The van der Waals surface area contributed by atoms with E-state index in [0.29, 0.717) is 16.9 Å². The van der Waals surface area contributed by atoms with E-state index < -0.39 is 6.10 Å². The van der Waals surface area contributed by atoms with Crippen molar-refractivity contribution in [2.75, 3.05) is 6.54 Å². The van der Waals surface area contributed by atoms with Crippen LogP contribution in [-0.2, 0) is 6.42 Å². The van der Waals surface area contributed by atoms with Crippen molar-refractivity contribution < 1.29 is 14.3 Å². The number of hydrogen-bond acceptors (Lipinski definition) is 4. The van der Waals surface area contributed by atoms with Crippen molar-refractivity contribution >= 4 is 16.9 Å². The van der Waals surface area contributed by atoms with Crippen LogP contribution in [0.1, 0.15) is 46.7 Å². The van der Waals surface area contributed by atoms with E-state index in [0.717, 1.165) is 23.8 Å². The van der Waals surface area contributed by atoms with Crippen molar-refractivity contribution in [1.29, 1.82) is 0 Å². The van der Waals surface area contributed by atoms with Crippen LogP contribution in [0.4, 0.5) is 0 Å². The molecule has 5 nitrogen and oxygen atoms in total. The van der Waals surface area contributed by atoms with Crippen molar-refractivity contribution in [2.45, 2.75) is 32.8 Å². The van der Waals surface area contributed by atoms with Crippen LogP contribution >= 0.6 is 0 Å². The number of pyridine rings is 1. The second-order valence-electron chi connectivity index (χ2n) is 6.15. The molecule has 3 aromatic rings. The molecule has 2 aromatic heterocycles. The zero-order valence-electron chi connectivity index (χ0n) is 14.5. The molecule has 1 atom stereocenters. The van der Waals surface area contributed by atoms with Gasteiger partial charge in [0.25, 0.3) is 5.91 Å². The first-order valence-corrected chi connectivity index (χ1v) is 8.48. The summed E-state index contributed by atoms with van der Waals surface area (Å²) in [6.45, 7) is 4.12. The van der Waals surface area contributed by atoms with Crippen LogP contribution in [0.5, 0.6) is 0 Å². The second-order valence-corrected chi connectivity index (χ2v) is 6.15. The predicted molar refractivity (Wildman–Crippen MR) is 96.5 cm³/mol. The Balaban J connectivity index is 1.74. The van der Waals surface area contributed by atoms with Gasteiger partial charge in [0.05, 0.1) is 6.10 Å². The van der Waals surface area contributed by atoms with E-state index in [1.165, 1.54) is 5.56 Å². The number of nitrogens with one attached hydrogen (secondary N) is 1. The molecule has 2 heterocycles. The molecule has 3 rings (SSSR count). The van der Waals surface area contributed by atoms with Gasteiger partial charge in [0.1, 0.15) is 5.58 Å². The quantitative estimate of drug-likeness (QED) is 0.721. The monoisotopic (exact) mass is 338 g/mol. The molecule has 5 heteroatoms. The lowest BCUT2D eigenvalue weighted by atomic mass is 10.1. The molecular weight excluding hydrogens is 316 g/mol. The Morgan fingerprint density at radius 3 is 2.92 bits per heavy atom. The van der Waals surface area contributed by atoms with Crippen molar-refractivity contribution in [3.05, 3.63) is 65.2 Å². The molecule has 1 aromatic carbocycles. The number of amides is 1. The largest absolute Gasteiger partial charge is 0.451 e. The van der Waals surface area contributed by atoms with E-state index >= 15 is 0 Å². The smallest absolute Gasteiger partial charge is 0.287 e. The van der Waals surface area contributed by atoms with Gasteiger partial charge >= 0.3 is 0 Å². The fraction of sp³-hybridized carbons (Fsp3) is 0.300. The van der Waals surface area contributed by atoms with Crippen LogP contribution in [0, 0.1) is 6.92 Å². The van der Waals surface area contributed by atoms with Gasteiger partial charge in [0.15, 0.2) is 5.76 Å². The number of hydrogen-bond donors (Lipinski definition) is 2. The highest BCUT2D eigenvalue weighted by Gasteiger charge is 2.19. The minimum Gasteiger partial charge on any atom is -0.451 e. The Hall–Kier alpha value is -2.66. The number of furan rings is 1. The summed E-state index contributed by atoms with van der Waals surface area (Å²) < 4.78 is 5.73. The Bertz CT molecular complexity index is 871. The Kier molecular flexibility index (Phi) is 5.14. The fourth-order valence-corrected chi connectivity index (χ4v) is 2.89. The number of rotatable bonds is 6. The van der Waals surface area contributed by atoms with Crippen molar-refractivity contribution in [3.8, 4) is 0 Å². The Labute approximate surface area is 146 Å². The lowest BCUT2D eigenvalue weighted by molar-refractivity contribution is 0.0890. The average molecular weight is 338 g/mol. The maximum absolute atomic E-state index is 12.4. The molecule has 0 unspecified atom stereocenters. The van der Waals surface area contributed by atoms with Crippen molar-refractivity contribution in [1.82, 2.24) is 10.3 Å². The van der Waals surface area contributed by atoms with Crippen LogP contribution in [0.25, 0.3) is 11.0 Å². The number of aromatic nitrogens is 1. The van der Waals surface area contributed by atoms with E-state index in [-0.39, 0.29) is 12.5 Å². The van der Waals surface area contributed by atoms with Gasteiger partial charge in [-0.15, -0.1) is 0 Å². The van der Waals surface area contributed by atoms with E-state index in [1.54, 1.807) is 24.5 Å². The van der Waals surface area contributed by atoms with E-state index in [1.807, 2.05) is 19.1 Å². The normalized spacial score (nSPS) is 12.3. The SMILES string of the molecule is CCCc1ccc2oc(C(=O)NC[C@H](O)c3cccnc3)c(C)c2c1. The molecule has 1 amide bonds. The van der Waals surface area contributed by atoms with Crippen LogP contribution in [0.15, 0.2) is 47.1 Å². The Morgan fingerprint density at radius 2 is 2.20 bits per heavy atom. The number of carbonyl (C=O) groups excluding carboxylic acids is 1. The molecule has 0 saturated carbocycles. The first-order valence-electron chi connectivity index (χ1n) is 8.48. The second kappa shape index (κ2) is 7.49. The summed E-state index contributed by atoms with van der Waals surface area (Å²) in [4.78, 5) is 16.4. The van der Waals surface area contributed by atoms with E-state index in [4.69, 9.17) is 4.42 Å². The van der Waals surface area contributed by atoms with Gasteiger partial charge in [-0.05, 0) is 37.1 Å². The summed E-state index contributed by atoms with van der Waals surface area (Å²) in [5.41, 5.74) is 3.42. The number of carbonyl (C=O) groups is 1. The summed E-state index contributed by atoms with van der Waals surface area (Å²) in [5, 5.41) is 13.8. The topological polar surface area (TPSA) is 75.4 Å². The summed E-state index contributed by atoms with van der Waals surface area (Å²) in [6.07, 6.45) is 4.48. The van der Waals surface area contributed by atoms with Crippen LogP contribution < -0.4 is 5.32 Å². The van der Waals surface area contributed by atoms with Gasteiger partial charge in [0.2, 0.25) is 0 Å². The zero-order valence-corrected chi connectivity index (χ0v) is 14.5. The van der Waals surface area contributed by atoms with Crippen molar-refractivity contribution in [2.24, 2.45) is 0 Å². The number of aliphatic hydroxyl groups is 1. The molecule has 0 aliphatic heterocycles. The molecule has 2 N–H and O–H groups in total. The van der Waals surface area contributed by atoms with E-state index in [2.05, 4.69) is 23.3 Å². The molecule has 0 radical (unpaired) electrons. The number of benzene rings is 1. The Morgan fingerprint density at radius 1 is 1.36 bits per heavy atom. The molecule has 25 heavy (non-hydrogen) atoms. The maximum atomic E-state index is 12.4. The number of fused-ring (bicyclic) bond motifs is 1. The number of aliphatic hydroxyl groups excluding tert-OH is 1. The number of nitrogens with zero attached hydrogens (tertiary/aromatic N) is 1. The van der Waals surface area contributed by atoms with Gasteiger partial charge in [-0.3, -0.25) is 9.78 Å². The predicted octanol–water partition coefficient (Wildman–Crippen LogP) is 3.55. The highest BCUT2D eigenvalue weighted by Crippen LogP contribution is 2.26. The summed E-state index contributed by atoms with van der Waals surface area (Å²) >= 11 is 0. The molecule has 130 valence electrons. The molecule has 0 aliphatic carbocycles. The molecule has 0 spiro atoms. The highest BCUT2D eigenvalue weighted by atomic mass is 16.3. The van der Waals surface area contributed by atoms with Crippen LogP contribution in [0.2, 0.25) is 0 Å². The third-order valence-electron chi connectivity index (χ3n) is 4.27. The van der Waals surface area contributed by atoms with Gasteiger partial charge < -0.3 is 14.8 Å². The lowest BCUT2D eigenvalue weighted by Gasteiger charge is -2.11. The van der Waals surface area contributed by atoms with Gasteiger partial charge in [-0.1, -0.05) is 25.5 Å². The highest BCUT2D eigenvalue weighted by molar-refractivity contribution is 5.99. The molecule has 0 saturated heterocycles. The first kappa shape index (κ1) is 17.2. The lowest BCUT2D eigenvalue weighted by Crippen LogP contribution is -2.28. The maximum Gasteiger partial charge on any atom is 0.287 e. The molecular formula is C20H22N2O3. The summed E-state index contributed by atoms with van der Waals surface area (Å²) in [7, 11) is 0. The molecule has 0 aliphatic rings. The average Bonchev–Trinajstić information content (AvgIpc) is 2.97. The molecule has 0 fully saturated rings. The third-order valence-corrected chi connectivity index (χ3v) is 4.27. The van der Waals surface area contributed by atoms with Gasteiger partial charge in [0, 0.05) is 35.5 Å². The minimum atomic E-state index is -0.807. The first-order chi connectivity index (χ1) is 12.1. The third kappa shape index (κ3) is 3.72. The van der Waals surface area contributed by atoms with Crippen molar-refractivity contribution in [3.63, 3.8) is 0 Å². The van der Waals surface area contributed by atoms with Crippen LogP contribution in [-0.4, -0.2) is 22.5 Å². The van der Waals surface area contributed by atoms with E-state index in [9.17, 15) is 9.90 Å². The van der Waals surface area contributed by atoms with Gasteiger partial charge in [-0.25, -0.2) is 0 Å². The minimum absolute atomic E-state index is 0.0993. The fourth-order valence-electron chi connectivity index (χ4n) is 2.89. The summed E-state index contributed by atoms with van der Waals surface area (Å²) in [6, 6.07) is 9.54. The summed E-state index contributed by atoms with van der Waals surface area (Å²) in [5.74, 6) is -0.0317. The van der Waals surface area contributed by atoms with Gasteiger partial charge in [-0.2, -0.15) is 0 Å². The molecule has 0 bridgehead atoms. The zero-order chi connectivity index (χ0) is 17.8. The number of aryl methyl sites for hydroxylation is 2.